The summed E-state index contributed by atoms with van der Waals surface area (Å²) in [6.45, 7) is 3.35. The van der Waals surface area contributed by atoms with Gasteiger partial charge in [0.1, 0.15) is 5.75 Å². The summed E-state index contributed by atoms with van der Waals surface area (Å²) >= 11 is 0. The van der Waals surface area contributed by atoms with Crippen LogP contribution in [0.5, 0.6) is 5.75 Å². The molecule has 0 spiro atoms. The number of hydrogen-bond acceptors (Lipinski definition) is 6. The lowest BCUT2D eigenvalue weighted by molar-refractivity contribution is -0.115. The van der Waals surface area contributed by atoms with Crippen molar-refractivity contribution in [2.75, 3.05) is 19.5 Å². The van der Waals surface area contributed by atoms with Gasteiger partial charge in [0.05, 0.1) is 25.8 Å². The Balaban J connectivity index is 1.53. The van der Waals surface area contributed by atoms with Crippen molar-refractivity contribution >= 4 is 11.6 Å². The van der Waals surface area contributed by atoms with E-state index in [-0.39, 0.29) is 12.3 Å². The van der Waals surface area contributed by atoms with Gasteiger partial charge >= 0.3 is 0 Å². The molecule has 1 N–H and O–H groups in total. The summed E-state index contributed by atoms with van der Waals surface area (Å²) in [4.78, 5) is 18.7. The molecule has 0 saturated carbocycles. The number of benzene rings is 2. The number of nitrogens with zero attached hydrogens (tertiary/aromatic N) is 3. The Labute approximate surface area is 164 Å². The third-order valence-corrected chi connectivity index (χ3v) is 4.19. The lowest BCUT2D eigenvalue weighted by Gasteiger charge is -2.14. The summed E-state index contributed by atoms with van der Waals surface area (Å²) in [5.41, 5.74) is 3.06. The molecule has 28 heavy (non-hydrogen) atoms. The van der Waals surface area contributed by atoms with Crippen LogP contribution < -0.4 is 10.1 Å². The summed E-state index contributed by atoms with van der Waals surface area (Å²) < 4.78 is 10.5. The Hall–Kier alpha value is -3.19. The van der Waals surface area contributed by atoms with Gasteiger partial charge < -0.3 is 14.6 Å². The molecule has 7 nitrogen and oxygen atoms in total. The SMILES string of the molecule is COc1ccccc1NC(=O)Cc1noc(CN(C)Cc2ccc(C)cc2)n1. The smallest absolute Gasteiger partial charge is 0.240 e. The summed E-state index contributed by atoms with van der Waals surface area (Å²) in [6.07, 6.45) is 0.0310. The number of nitrogens with one attached hydrogen (secondary N) is 1. The van der Waals surface area contributed by atoms with Gasteiger partial charge in [-0.2, -0.15) is 4.98 Å². The van der Waals surface area contributed by atoms with E-state index >= 15 is 0 Å². The van der Waals surface area contributed by atoms with E-state index < -0.39 is 0 Å². The van der Waals surface area contributed by atoms with Crippen LogP contribution in [0.2, 0.25) is 0 Å². The minimum absolute atomic E-state index is 0.0310. The molecule has 146 valence electrons. The van der Waals surface area contributed by atoms with Crippen molar-refractivity contribution in [3.63, 3.8) is 0 Å². The standard InChI is InChI=1S/C21H24N4O3/c1-15-8-10-16(11-9-15)13-25(2)14-21-23-19(24-28-21)12-20(26)22-17-6-4-5-7-18(17)27-3/h4-11H,12-14H2,1-3H3,(H,22,26). The van der Waals surface area contributed by atoms with E-state index in [1.807, 2.05) is 19.2 Å². The maximum absolute atomic E-state index is 12.3. The molecule has 0 bridgehead atoms. The molecule has 0 aliphatic rings. The highest BCUT2D eigenvalue weighted by molar-refractivity contribution is 5.93. The molecule has 0 saturated heterocycles. The molecule has 7 heteroatoms. The minimum atomic E-state index is -0.232. The van der Waals surface area contributed by atoms with Gasteiger partial charge in [-0.1, -0.05) is 47.1 Å². The van der Waals surface area contributed by atoms with Crippen molar-refractivity contribution in [2.45, 2.75) is 26.4 Å². The van der Waals surface area contributed by atoms with Crippen LogP contribution in [-0.4, -0.2) is 35.1 Å². The number of methoxy groups -OCH3 is 1. The fourth-order valence-corrected chi connectivity index (χ4v) is 2.80. The van der Waals surface area contributed by atoms with Gasteiger partial charge in [0.25, 0.3) is 0 Å². The lowest BCUT2D eigenvalue weighted by atomic mass is 10.1. The molecule has 0 aliphatic heterocycles. The van der Waals surface area contributed by atoms with Crippen LogP contribution in [0.3, 0.4) is 0 Å². The van der Waals surface area contributed by atoms with Crippen LogP contribution in [-0.2, 0) is 24.3 Å². The fraction of sp³-hybridized carbons (Fsp3) is 0.286. The van der Waals surface area contributed by atoms with Crippen LogP contribution in [0.15, 0.2) is 53.1 Å². The quantitative estimate of drug-likeness (QED) is 0.646. The van der Waals surface area contributed by atoms with E-state index in [0.29, 0.717) is 29.7 Å². The van der Waals surface area contributed by atoms with Crippen LogP contribution >= 0.6 is 0 Å². The number of amides is 1. The number of para-hydroxylation sites is 2. The average molecular weight is 380 g/mol. The van der Waals surface area contributed by atoms with Crippen molar-refractivity contribution in [1.82, 2.24) is 15.0 Å². The van der Waals surface area contributed by atoms with E-state index in [9.17, 15) is 4.79 Å². The van der Waals surface area contributed by atoms with Gasteiger partial charge in [-0.3, -0.25) is 9.69 Å². The van der Waals surface area contributed by atoms with Gasteiger partial charge in [-0.15, -0.1) is 0 Å². The van der Waals surface area contributed by atoms with E-state index in [1.54, 1.807) is 19.2 Å². The predicted octanol–water partition coefficient (Wildman–Crippen LogP) is 3.20. The van der Waals surface area contributed by atoms with Crippen LogP contribution in [0, 0.1) is 6.92 Å². The predicted molar refractivity (Wildman–Crippen MR) is 106 cm³/mol. The van der Waals surface area contributed by atoms with E-state index in [2.05, 4.69) is 51.5 Å². The van der Waals surface area contributed by atoms with Crippen molar-refractivity contribution in [2.24, 2.45) is 0 Å². The molecule has 0 fully saturated rings. The monoisotopic (exact) mass is 380 g/mol. The molecule has 0 radical (unpaired) electrons. The summed E-state index contributed by atoms with van der Waals surface area (Å²) in [5, 5.41) is 6.71. The first kappa shape index (κ1) is 19.6. The zero-order valence-electron chi connectivity index (χ0n) is 16.3. The average Bonchev–Trinajstić information content (AvgIpc) is 3.10. The third kappa shape index (κ3) is 5.40. The first-order valence-corrected chi connectivity index (χ1v) is 9.02. The Kier molecular flexibility index (Phi) is 6.39. The molecule has 3 aromatic rings. The van der Waals surface area contributed by atoms with Gasteiger partial charge in [-0.25, -0.2) is 0 Å². The summed E-state index contributed by atoms with van der Waals surface area (Å²) in [6, 6.07) is 15.6. The maximum Gasteiger partial charge on any atom is 0.240 e. The second-order valence-corrected chi connectivity index (χ2v) is 6.69. The largest absolute Gasteiger partial charge is 0.495 e. The second-order valence-electron chi connectivity index (χ2n) is 6.69. The maximum atomic E-state index is 12.3. The molecular weight excluding hydrogens is 356 g/mol. The lowest BCUT2D eigenvalue weighted by Crippen LogP contribution is -2.18. The highest BCUT2D eigenvalue weighted by Gasteiger charge is 2.14. The van der Waals surface area contributed by atoms with Crippen molar-refractivity contribution in [3.8, 4) is 5.75 Å². The zero-order chi connectivity index (χ0) is 19.9. The van der Waals surface area contributed by atoms with Crippen molar-refractivity contribution in [1.29, 1.82) is 0 Å². The van der Waals surface area contributed by atoms with Crippen LogP contribution in [0.1, 0.15) is 22.8 Å². The number of aromatic nitrogens is 2. The highest BCUT2D eigenvalue weighted by Crippen LogP contribution is 2.23. The number of hydrogen-bond donors (Lipinski definition) is 1. The third-order valence-electron chi connectivity index (χ3n) is 4.19. The number of aryl methyl sites for hydroxylation is 1. The molecule has 3 rings (SSSR count). The number of carbonyl (C=O) groups is 1. The molecular formula is C21H24N4O3. The van der Waals surface area contributed by atoms with Gasteiger partial charge in [-0.05, 0) is 31.7 Å². The number of rotatable bonds is 8. The molecule has 1 heterocycles. The Bertz CT molecular complexity index is 921. The number of anilines is 1. The second kappa shape index (κ2) is 9.14. The van der Waals surface area contributed by atoms with Gasteiger partial charge in [0.15, 0.2) is 5.82 Å². The first-order valence-electron chi connectivity index (χ1n) is 9.02. The summed E-state index contributed by atoms with van der Waals surface area (Å²) in [7, 11) is 3.54. The molecule has 1 aromatic heterocycles. The minimum Gasteiger partial charge on any atom is -0.495 e. The molecule has 0 aliphatic carbocycles. The van der Waals surface area contributed by atoms with Crippen LogP contribution in [0.4, 0.5) is 5.69 Å². The normalized spacial score (nSPS) is 10.9. The molecule has 0 atom stereocenters. The Morgan fingerprint density at radius 1 is 1.14 bits per heavy atom. The Morgan fingerprint density at radius 3 is 2.64 bits per heavy atom. The molecule has 2 aromatic carbocycles. The van der Waals surface area contributed by atoms with Crippen molar-refractivity contribution < 1.29 is 14.1 Å². The summed E-state index contributed by atoms with van der Waals surface area (Å²) in [5.74, 6) is 1.20. The first-order chi connectivity index (χ1) is 13.5. The fourth-order valence-electron chi connectivity index (χ4n) is 2.80. The number of carbonyl (C=O) groups excluding carboxylic acids is 1. The van der Waals surface area contributed by atoms with Crippen LogP contribution in [0.25, 0.3) is 0 Å². The van der Waals surface area contributed by atoms with Gasteiger partial charge in [0.2, 0.25) is 11.8 Å². The molecule has 1 amide bonds. The van der Waals surface area contributed by atoms with Gasteiger partial charge in [0, 0.05) is 6.54 Å². The topological polar surface area (TPSA) is 80.5 Å². The van der Waals surface area contributed by atoms with E-state index in [4.69, 9.17) is 9.26 Å². The van der Waals surface area contributed by atoms with E-state index in [0.717, 1.165) is 6.54 Å². The van der Waals surface area contributed by atoms with Crippen molar-refractivity contribution in [3.05, 3.63) is 71.4 Å². The van der Waals surface area contributed by atoms with E-state index in [1.165, 1.54) is 11.1 Å². The Morgan fingerprint density at radius 2 is 1.89 bits per heavy atom. The number of ether oxygens (including phenoxy) is 1. The highest BCUT2D eigenvalue weighted by atomic mass is 16.5. The zero-order valence-corrected chi connectivity index (χ0v) is 16.3. The molecule has 0 unspecified atom stereocenters.